The molecule has 1 aliphatic heterocycles. The molecular formula is C25H31N7O2. The molecule has 1 aliphatic rings. The predicted molar refractivity (Wildman–Crippen MR) is 136 cm³/mol. The molecule has 178 valence electrons. The lowest BCUT2D eigenvalue weighted by molar-refractivity contribution is -0.131. The number of aryl methyl sites for hydroxylation is 1. The molecule has 1 fully saturated rings. The number of piperazine rings is 1. The number of nitrogens with two attached hydrogens (primary N) is 1. The molecule has 1 saturated heterocycles. The number of rotatable bonds is 7. The van der Waals surface area contributed by atoms with Gasteiger partial charge in [0.1, 0.15) is 11.6 Å². The number of carboxylic acids is 1. The molecule has 3 heterocycles. The first-order valence-corrected chi connectivity index (χ1v) is 11.5. The lowest BCUT2D eigenvalue weighted by Crippen LogP contribution is -2.45. The molecule has 0 aliphatic carbocycles. The van der Waals surface area contributed by atoms with Crippen molar-refractivity contribution < 1.29 is 9.90 Å². The summed E-state index contributed by atoms with van der Waals surface area (Å²) in [7, 11) is 2.14. The van der Waals surface area contributed by atoms with E-state index in [-0.39, 0.29) is 12.0 Å². The van der Waals surface area contributed by atoms with Gasteiger partial charge in [0, 0.05) is 48.8 Å². The molecule has 1 atom stereocenters. The molecule has 3 aromatic rings. The summed E-state index contributed by atoms with van der Waals surface area (Å²) in [6.07, 6.45) is 3.36. The Bertz CT molecular complexity index is 1220. The number of aromatic nitrogens is 3. The van der Waals surface area contributed by atoms with Gasteiger partial charge in [-0.05, 0) is 38.6 Å². The van der Waals surface area contributed by atoms with Crippen molar-refractivity contribution in [3.63, 3.8) is 0 Å². The van der Waals surface area contributed by atoms with Crippen LogP contribution in [0.25, 0.3) is 17.0 Å². The second-order valence-electron chi connectivity index (χ2n) is 8.59. The number of aliphatic carboxylic acids is 1. The Balaban J connectivity index is 1.78. The van der Waals surface area contributed by atoms with Gasteiger partial charge in [0.05, 0.1) is 17.3 Å². The first-order valence-electron chi connectivity index (χ1n) is 11.5. The summed E-state index contributed by atoms with van der Waals surface area (Å²) in [6.45, 7) is 7.65. The van der Waals surface area contributed by atoms with Crippen molar-refractivity contribution in [2.45, 2.75) is 26.3 Å². The van der Waals surface area contributed by atoms with Gasteiger partial charge < -0.3 is 26.0 Å². The van der Waals surface area contributed by atoms with E-state index in [0.29, 0.717) is 17.1 Å². The molecular weight excluding hydrogens is 430 g/mol. The van der Waals surface area contributed by atoms with Crippen LogP contribution in [-0.2, 0) is 4.79 Å². The summed E-state index contributed by atoms with van der Waals surface area (Å²) < 4.78 is 0. The Labute approximate surface area is 199 Å². The summed E-state index contributed by atoms with van der Waals surface area (Å²) in [5, 5.41) is 13.7. The second kappa shape index (κ2) is 10.0. The Morgan fingerprint density at radius 2 is 1.94 bits per heavy atom. The quantitative estimate of drug-likeness (QED) is 0.455. The summed E-state index contributed by atoms with van der Waals surface area (Å²) >= 11 is 0. The highest BCUT2D eigenvalue weighted by Crippen LogP contribution is 2.34. The van der Waals surface area contributed by atoms with Crippen LogP contribution in [0.3, 0.4) is 0 Å². The number of pyridine rings is 1. The van der Waals surface area contributed by atoms with Crippen molar-refractivity contribution in [2.75, 3.05) is 49.2 Å². The number of carboxylic acid groups (broad SMARTS) is 1. The molecule has 4 N–H and O–H groups in total. The third kappa shape index (κ3) is 5.09. The van der Waals surface area contributed by atoms with E-state index in [0.717, 1.165) is 61.0 Å². The first kappa shape index (κ1) is 23.4. The Morgan fingerprint density at radius 3 is 2.65 bits per heavy atom. The zero-order valence-electron chi connectivity index (χ0n) is 19.8. The van der Waals surface area contributed by atoms with Gasteiger partial charge in [0.2, 0.25) is 5.95 Å². The van der Waals surface area contributed by atoms with Gasteiger partial charge in [-0.2, -0.15) is 4.98 Å². The molecule has 0 bridgehead atoms. The van der Waals surface area contributed by atoms with Crippen molar-refractivity contribution >= 4 is 40.5 Å². The fourth-order valence-electron chi connectivity index (χ4n) is 4.28. The van der Waals surface area contributed by atoms with Gasteiger partial charge in [0.25, 0.3) is 0 Å². The molecule has 4 rings (SSSR count). The van der Waals surface area contributed by atoms with Crippen LogP contribution in [0, 0.1) is 6.92 Å². The Morgan fingerprint density at radius 1 is 1.21 bits per heavy atom. The van der Waals surface area contributed by atoms with Crippen molar-refractivity contribution in [3.05, 3.63) is 53.2 Å². The van der Waals surface area contributed by atoms with Crippen LogP contribution in [0.15, 0.2) is 36.4 Å². The van der Waals surface area contributed by atoms with E-state index in [1.807, 2.05) is 18.2 Å². The maximum atomic E-state index is 11.1. The van der Waals surface area contributed by atoms with Crippen molar-refractivity contribution in [1.29, 1.82) is 0 Å². The van der Waals surface area contributed by atoms with Crippen molar-refractivity contribution in [2.24, 2.45) is 0 Å². The number of hydrogen-bond acceptors (Lipinski definition) is 8. The highest BCUT2D eigenvalue weighted by atomic mass is 16.4. The highest BCUT2D eigenvalue weighted by Gasteiger charge is 2.24. The summed E-state index contributed by atoms with van der Waals surface area (Å²) in [6, 6.07) is 10.2. The number of nitrogen functional groups attached to an aromatic ring is 1. The van der Waals surface area contributed by atoms with E-state index >= 15 is 0 Å². The van der Waals surface area contributed by atoms with Crippen molar-refractivity contribution in [3.8, 4) is 0 Å². The van der Waals surface area contributed by atoms with Crippen LogP contribution in [0.4, 0.5) is 17.6 Å². The zero-order chi connectivity index (χ0) is 24.2. The van der Waals surface area contributed by atoms with E-state index < -0.39 is 5.97 Å². The molecule has 0 amide bonds. The monoisotopic (exact) mass is 461 g/mol. The number of likely N-dealkylation sites (N-methyl/N-ethyl adjacent to an activating group) is 1. The van der Waals surface area contributed by atoms with Crippen LogP contribution in [-0.4, -0.2) is 64.2 Å². The average Bonchev–Trinajstić information content (AvgIpc) is 2.81. The molecule has 0 saturated carbocycles. The Kier molecular flexibility index (Phi) is 6.93. The van der Waals surface area contributed by atoms with Gasteiger partial charge in [-0.25, -0.2) is 14.8 Å². The Hall–Kier alpha value is -3.72. The number of para-hydroxylation sites is 1. The van der Waals surface area contributed by atoms with E-state index in [1.54, 1.807) is 6.92 Å². The SMILES string of the molecule is CCC(Nc1nc(N)nc(C)c1/C=C/C(=O)O)c1cc2ccccc2nc1N1CCN(C)CC1. The van der Waals surface area contributed by atoms with Crippen LogP contribution in [0.2, 0.25) is 0 Å². The number of anilines is 3. The predicted octanol–water partition coefficient (Wildman–Crippen LogP) is 3.33. The molecule has 1 unspecified atom stereocenters. The van der Waals surface area contributed by atoms with E-state index in [9.17, 15) is 4.79 Å². The number of nitrogens with one attached hydrogen (secondary N) is 1. The third-order valence-electron chi connectivity index (χ3n) is 6.18. The van der Waals surface area contributed by atoms with Crippen LogP contribution in [0.5, 0.6) is 0 Å². The molecule has 0 spiro atoms. The maximum absolute atomic E-state index is 11.1. The maximum Gasteiger partial charge on any atom is 0.328 e. The lowest BCUT2D eigenvalue weighted by atomic mass is 10.0. The van der Waals surface area contributed by atoms with Gasteiger partial charge in [-0.15, -0.1) is 0 Å². The third-order valence-corrected chi connectivity index (χ3v) is 6.18. The van der Waals surface area contributed by atoms with Crippen molar-refractivity contribution in [1.82, 2.24) is 19.9 Å². The lowest BCUT2D eigenvalue weighted by Gasteiger charge is -2.35. The smallest absolute Gasteiger partial charge is 0.328 e. The summed E-state index contributed by atoms with van der Waals surface area (Å²) in [5.41, 5.74) is 9.20. The molecule has 1 aromatic carbocycles. The highest BCUT2D eigenvalue weighted by molar-refractivity contribution is 5.87. The van der Waals surface area contributed by atoms with Crippen LogP contribution < -0.4 is 16.0 Å². The average molecular weight is 462 g/mol. The van der Waals surface area contributed by atoms with Gasteiger partial charge in [-0.1, -0.05) is 25.1 Å². The standard InChI is InChI=1S/C25H31N7O2/c1-4-20(28-23-18(9-10-22(33)34)16(2)27-25(26)30-23)19-15-17-7-5-6-8-21(17)29-24(19)32-13-11-31(3)12-14-32/h5-10,15,20H,4,11-14H2,1-3H3,(H,33,34)(H3,26,27,28,30)/b10-9+. The molecule has 34 heavy (non-hydrogen) atoms. The van der Waals surface area contributed by atoms with E-state index in [2.05, 4.69) is 51.2 Å². The molecule has 2 aromatic heterocycles. The fraction of sp³-hybridized carbons (Fsp3) is 0.360. The topological polar surface area (TPSA) is 120 Å². The largest absolute Gasteiger partial charge is 0.478 e. The second-order valence-corrected chi connectivity index (χ2v) is 8.59. The summed E-state index contributed by atoms with van der Waals surface area (Å²) in [4.78, 5) is 29.5. The van der Waals surface area contributed by atoms with E-state index in [1.165, 1.54) is 6.08 Å². The normalized spacial score (nSPS) is 15.7. The molecule has 0 radical (unpaired) electrons. The van der Waals surface area contributed by atoms with Gasteiger partial charge in [-0.3, -0.25) is 0 Å². The minimum atomic E-state index is -1.04. The molecule has 9 nitrogen and oxygen atoms in total. The number of hydrogen-bond donors (Lipinski definition) is 3. The van der Waals surface area contributed by atoms with E-state index in [4.69, 9.17) is 15.8 Å². The number of nitrogens with zero attached hydrogens (tertiary/aromatic N) is 5. The molecule has 9 heteroatoms. The first-order chi connectivity index (χ1) is 16.4. The fourth-order valence-corrected chi connectivity index (χ4v) is 4.28. The minimum Gasteiger partial charge on any atom is -0.478 e. The number of benzene rings is 1. The van der Waals surface area contributed by atoms with Gasteiger partial charge in [0.15, 0.2) is 0 Å². The minimum absolute atomic E-state index is 0.113. The van der Waals surface area contributed by atoms with Gasteiger partial charge >= 0.3 is 5.97 Å². The number of carbonyl (C=O) groups is 1. The van der Waals surface area contributed by atoms with Crippen LogP contribution >= 0.6 is 0 Å². The summed E-state index contributed by atoms with van der Waals surface area (Å²) in [5.74, 6) is 0.572. The zero-order valence-corrected chi connectivity index (χ0v) is 19.8. The number of fused-ring (bicyclic) bond motifs is 1. The van der Waals surface area contributed by atoms with Crippen LogP contribution in [0.1, 0.15) is 36.2 Å².